The molecule has 28 heavy (non-hydrogen) atoms. The van der Waals surface area contributed by atoms with Gasteiger partial charge in [-0.25, -0.2) is 9.67 Å². The molecule has 1 atom stereocenters. The van der Waals surface area contributed by atoms with E-state index in [1.807, 2.05) is 24.3 Å². The third kappa shape index (κ3) is 3.71. The summed E-state index contributed by atoms with van der Waals surface area (Å²) < 4.78 is 1.34. The van der Waals surface area contributed by atoms with E-state index in [9.17, 15) is 9.59 Å². The molecule has 8 nitrogen and oxygen atoms in total. The highest BCUT2D eigenvalue weighted by Crippen LogP contribution is 2.22. The van der Waals surface area contributed by atoms with Crippen LogP contribution in [-0.4, -0.2) is 44.8 Å². The molecule has 8 heteroatoms. The molecule has 1 aliphatic heterocycles. The normalized spacial score (nSPS) is 16.9. The third-order valence-corrected chi connectivity index (χ3v) is 5.05. The van der Waals surface area contributed by atoms with E-state index in [0.29, 0.717) is 17.8 Å². The molecule has 1 saturated heterocycles. The number of hydrogen-bond donors (Lipinski definition) is 1. The van der Waals surface area contributed by atoms with Gasteiger partial charge in [-0.3, -0.25) is 14.6 Å². The number of piperidine rings is 1. The Kier molecular flexibility index (Phi) is 5.01. The number of anilines is 1. The summed E-state index contributed by atoms with van der Waals surface area (Å²) >= 11 is 0. The van der Waals surface area contributed by atoms with Gasteiger partial charge < -0.3 is 10.2 Å². The quantitative estimate of drug-likeness (QED) is 0.740. The number of fused-ring (bicyclic) bond motifs is 1. The highest BCUT2D eigenvalue weighted by Gasteiger charge is 2.25. The highest BCUT2D eigenvalue weighted by molar-refractivity contribution is 5.93. The summed E-state index contributed by atoms with van der Waals surface area (Å²) in [6.07, 6.45) is 4.61. The lowest BCUT2D eigenvalue weighted by Gasteiger charge is -2.36. The van der Waals surface area contributed by atoms with Gasteiger partial charge in [-0.15, -0.1) is 0 Å². The van der Waals surface area contributed by atoms with Crippen molar-refractivity contribution in [3.8, 4) is 0 Å². The minimum absolute atomic E-state index is 0.121. The van der Waals surface area contributed by atoms with Gasteiger partial charge in [0, 0.05) is 32.2 Å². The Morgan fingerprint density at radius 3 is 2.82 bits per heavy atom. The molecule has 1 unspecified atom stereocenters. The van der Waals surface area contributed by atoms with Crippen LogP contribution in [-0.2, 0) is 7.05 Å². The predicted molar refractivity (Wildman–Crippen MR) is 106 cm³/mol. The number of rotatable bonds is 4. The highest BCUT2D eigenvalue weighted by atomic mass is 16.2. The summed E-state index contributed by atoms with van der Waals surface area (Å²) in [7, 11) is 1.64. The summed E-state index contributed by atoms with van der Waals surface area (Å²) in [5, 5.41) is 7.34. The van der Waals surface area contributed by atoms with Crippen LogP contribution in [0.25, 0.3) is 11.0 Å². The molecular formula is C20H22N6O2. The first-order valence-corrected chi connectivity index (χ1v) is 9.43. The Morgan fingerprint density at radius 2 is 2.00 bits per heavy atom. The molecular weight excluding hydrogens is 356 g/mol. The molecule has 0 saturated carbocycles. The van der Waals surface area contributed by atoms with E-state index in [0.717, 1.165) is 37.1 Å². The zero-order chi connectivity index (χ0) is 19.5. The first-order valence-electron chi connectivity index (χ1n) is 9.43. The van der Waals surface area contributed by atoms with E-state index < -0.39 is 0 Å². The molecule has 1 amide bonds. The van der Waals surface area contributed by atoms with Crippen LogP contribution < -0.4 is 15.8 Å². The van der Waals surface area contributed by atoms with Gasteiger partial charge >= 0.3 is 0 Å². The molecule has 1 N–H and O–H groups in total. The van der Waals surface area contributed by atoms with Crippen molar-refractivity contribution in [1.29, 1.82) is 0 Å². The lowest BCUT2D eigenvalue weighted by atomic mass is 10.0. The Balaban J connectivity index is 1.47. The molecule has 1 fully saturated rings. The van der Waals surface area contributed by atoms with Crippen LogP contribution in [0, 0.1) is 0 Å². The van der Waals surface area contributed by atoms with Gasteiger partial charge in [-0.05, 0) is 37.5 Å². The summed E-state index contributed by atoms with van der Waals surface area (Å²) in [6, 6.07) is 10.9. The minimum atomic E-state index is -0.239. The maximum absolute atomic E-state index is 12.6. The zero-order valence-corrected chi connectivity index (χ0v) is 15.7. The second-order valence-corrected chi connectivity index (χ2v) is 6.95. The molecule has 4 rings (SSSR count). The van der Waals surface area contributed by atoms with Gasteiger partial charge in [0.05, 0.1) is 17.2 Å². The first kappa shape index (κ1) is 18.1. The van der Waals surface area contributed by atoms with Crippen LogP contribution in [0.3, 0.4) is 0 Å². The fourth-order valence-corrected chi connectivity index (χ4v) is 3.53. The monoisotopic (exact) mass is 378 g/mol. The number of aromatic nitrogens is 4. The largest absolute Gasteiger partial charge is 0.350 e. The Bertz CT molecular complexity index is 1060. The van der Waals surface area contributed by atoms with Crippen molar-refractivity contribution >= 4 is 22.8 Å². The molecule has 1 aliphatic rings. The summed E-state index contributed by atoms with van der Waals surface area (Å²) in [5.74, 6) is 0.517. The molecule has 144 valence electrons. The number of benzene rings is 1. The first-order chi connectivity index (χ1) is 13.6. The summed E-state index contributed by atoms with van der Waals surface area (Å²) in [6.45, 7) is 1.33. The van der Waals surface area contributed by atoms with Gasteiger partial charge in [0.25, 0.3) is 11.5 Å². The van der Waals surface area contributed by atoms with Crippen molar-refractivity contribution in [2.75, 3.05) is 18.0 Å². The standard InChI is InChI=1S/C20H22N6O2/c1-25-19(27)10-9-18(24-25)26-11-5-4-6-14(26)12-22-20(28)17-13-21-15-7-2-3-8-16(15)23-17/h2-3,7-10,13-14H,4-6,11-12H2,1H3,(H,22,28). The average molecular weight is 378 g/mol. The number of para-hydroxylation sites is 2. The van der Waals surface area contributed by atoms with Gasteiger partial charge in [0.2, 0.25) is 0 Å². The van der Waals surface area contributed by atoms with Crippen molar-refractivity contribution in [3.63, 3.8) is 0 Å². The van der Waals surface area contributed by atoms with Crippen LogP contribution in [0.5, 0.6) is 0 Å². The van der Waals surface area contributed by atoms with Crippen molar-refractivity contribution in [1.82, 2.24) is 25.1 Å². The fourth-order valence-electron chi connectivity index (χ4n) is 3.53. The second kappa shape index (κ2) is 7.75. The number of amides is 1. The average Bonchev–Trinajstić information content (AvgIpc) is 2.74. The maximum atomic E-state index is 12.6. The van der Waals surface area contributed by atoms with Crippen LogP contribution in [0.2, 0.25) is 0 Å². The molecule has 3 aromatic rings. The van der Waals surface area contributed by atoms with Crippen molar-refractivity contribution in [2.24, 2.45) is 7.05 Å². The van der Waals surface area contributed by atoms with Crippen LogP contribution in [0.1, 0.15) is 29.8 Å². The third-order valence-electron chi connectivity index (χ3n) is 5.05. The fraction of sp³-hybridized carbons (Fsp3) is 0.350. The van der Waals surface area contributed by atoms with Crippen LogP contribution in [0.15, 0.2) is 47.4 Å². The lowest BCUT2D eigenvalue weighted by molar-refractivity contribution is 0.0944. The number of nitrogens with one attached hydrogen (secondary N) is 1. The Labute approximate surface area is 162 Å². The Hall–Kier alpha value is -3.29. The zero-order valence-electron chi connectivity index (χ0n) is 15.7. The van der Waals surface area contributed by atoms with Gasteiger partial charge in [0.1, 0.15) is 11.5 Å². The van der Waals surface area contributed by atoms with E-state index in [1.165, 1.54) is 16.9 Å². The van der Waals surface area contributed by atoms with Crippen LogP contribution in [0.4, 0.5) is 5.82 Å². The molecule has 0 spiro atoms. The SMILES string of the molecule is Cn1nc(N2CCCCC2CNC(=O)c2cnc3ccccc3n2)ccc1=O. The number of carbonyl (C=O) groups excluding carboxylic acids is 1. The van der Waals surface area contributed by atoms with Gasteiger partial charge in [0.15, 0.2) is 0 Å². The van der Waals surface area contributed by atoms with Crippen molar-refractivity contribution < 1.29 is 4.79 Å². The topological polar surface area (TPSA) is 93.0 Å². The van der Waals surface area contributed by atoms with E-state index in [2.05, 4.69) is 25.3 Å². The van der Waals surface area contributed by atoms with E-state index >= 15 is 0 Å². The van der Waals surface area contributed by atoms with E-state index in [1.54, 1.807) is 13.1 Å². The van der Waals surface area contributed by atoms with E-state index in [4.69, 9.17) is 0 Å². The number of carbonyl (C=O) groups is 1. The number of hydrogen-bond acceptors (Lipinski definition) is 6. The second-order valence-electron chi connectivity index (χ2n) is 6.95. The summed E-state index contributed by atoms with van der Waals surface area (Å²) in [5.41, 5.74) is 1.63. The molecule has 2 aromatic heterocycles. The Morgan fingerprint density at radius 1 is 1.18 bits per heavy atom. The molecule has 0 radical (unpaired) electrons. The maximum Gasteiger partial charge on any atom is 0.271 e. The van der Waals surface area contributed by atoms with Crippen molar-refractivity contribution in [3.05, 3.63) is 58.6 Å². The smallest absolute Gasteiger partial charge is 0.271 e. The molecule has 1 aromatic carbocycles. The number of nitrogens with zero attached hydrogens (tertiary/aromatic N) is 5. The van der Waals surface area contributed by atoms with E-state index in [-0.39, 0.29) is 17.5 Å². The lowest BCUT2D eigenvalue weighted by Crippen LogP contribution is -2.47. The van der Waals surface area contributed by atoms with Crippen molar-refractivity contribution in [2.45, 2.75) is 25.3 Å². The molecule has 0 bridgehead atoms. The molecule has 3 heterocycles. The van der Waals surface area contributed by atoms with Crippen LogP contribution >= 0.6 is 0 Å². The van der Waals surface area contributed by atoms with Gasteiger partial charge in [-0.1, -0.05) is 12.1 Å². The summed E-state index contributed by atoms with van der Waals surface area (Å²) in [4.78, 5) is 35.1. The number of aryl methyl sites for hydroxylation is 1. The minimum Gasteiger partial charge on any atom is -0.350 e. The molecule has 0 aliphatic carbocycles. The van der Waals surface area contributed by atoms with Gasteiger partial charge in [-0.2, -0.15) is 5.10 Å². The predicted octanol–water partition coefficient (Wildman–Crippen LogP) is 1.51.